The second-order valence-electron chi connectivity index (χ2n) is 6.70. The number of aromatic nitrogens is 2. The molecular formula is C22H25N3O4S. The molecule has 3 aromatic rings. The Morgan fingerprint density at radius 1 is 1.07 bits per heavy atom. The van der Waals surface area contributed by atoms with Gasteiger partial charge in [-0.15, -0.1) is 10.2 Å². The molecule has 0 aliphatic carbocycles. The summed E-state index contributed by atoms with van der Waals surface area (Å²) in [5, 5.41) is 11.3. The molecule has 0 atom stereocenters. The molecule has 0 saturated carbocycles. The Hall–Kier alpha value is -3.00. The Bertz CT molecular complexity index is 973. The second kappa shape index (κ2) is 10.7. The zero-order valence-electron chi connectivity index (χ0n) is 17.3. The lowest BCUT2D eigenvalue weighted by Gasteiger charge is -2.10. The maximum Gasteiger partial charge on any atom is 0.277 e. The van der Waals surface area contributed by atoms with Gasteiger partial charge in [0.2, 0.25) is 11.8 Å². The van der Waals surface area contributed by atoms with Crippen molar-refractivity contribution in [3.05, 3.63) is 59.5 Å². The minimum absolute atomic E-state index is 0.164. The SMILES string of the molecule is COc1ccc(CCCc2nnc(SCC(=O)Nc3cc(C)ccc3OC)o2)cc1. The van der Waals surface area contributed by atoms with Crippen molar-refractivity contribution in [1.82, 2.24) is 10.2 Å². The number of benzene rings is 2. The number of amides is 1. The van der Waals surface area contributed by atoms with E-state index in [9.17, 15) is 4.79 Å². The van der Waals surface area contributed by atoms with E-state index in [1.54, 1.807) is 14.2 Å². The quantitative estimate of drug-likeness (QED) is 0.483. The highest BCUT2D eigenvalue weighted by molar-refractivity contribution is 7.99. The van der Waals surface area contributed by atoms with Crippen LogP contribution in [0.2, 0.25) is 0 Å². The van der Waals surface area contributed by atoms with Gasteiger partial charge in [-0.25, -0.2) is 0 Å². The van der Waals surface area contributed by atoms with E-state index in [2.05, 4.69) is 27.6 Å². The predicted molar refractivity (Wildman–Crippen MR) is 116 cm³/mol. The molecule has 30 heavy (non-hydrogen) atoms. The molecule has 7 nitrogen and oxygen atoms in total. The lowest BCUT2D eigenvalue weighted by Crippen LogP contribution is -2.14. The molecule has 1 amide bonds. The Balaban J connectivity index is 1.43. The summed E-state index contributed by atoms with van der Waals surface area (Å²) in [6.45, 7) is 1.96. The third-order valence-electron chi connectivity index (χ3n) is 4.42. The number of aryl methyl sites for hydroxylation is 3. The van der Waals surface area contributed by atoms with E-state index >= 15 is 0 Å². The van der Waals surface area contributed by atoms with Crippen LogP contribution < -0.4 is 14.8 Å². The van der Waals surface area contributed by atoms with Crippen molar-refractivity contribution in [1.29, 1.82) is 0 Å². The van der Waals surface area contributed by atoms with Crippen LogP contribution in [0.1, 0.15) is 23.4 Å². The number of carbonyl (C=O) groups is 1. The molecule has 0 spiro atoms. The van der Waals surface area contributed by atoms with Gasteiger partial charge in [0.25, 0.3) is 5.22 Å². The van der Waals surface area contributed by atoms with Crippen LogP contribution in [0, 0.1) is 6.92 Å². The lowest BCUT2D eigenvalue weighted by atomic mass is 10.1. The van der Waals surface area contributed by atoms with Gasteiger partial charge in [0.05, 0.1) is 25.7 Å². The fraction of sp³-hybridized carbons (Fsp3) is 0.318. The van der Waals surface area contributed by atoms with Crippen LogP contribution in [0.5, 0.6) is 11.5 Å². The van der Waals surface area contributed by atoms with E-state index in [1.165, 1.54) is 17.3 Å². The third-order valence-corrected chi connectivity index (χ3v) is 5.24. The van der Waals surface area contributed by atoms with Crippen LogP contribution in [0.3, 0.4) is 0 Å². The van der Waals surface area contributed by atoms with Gasteiger partial charge in [0, 0.05) is 6.42 Å². The summed E-state index contributed by atoms with van der Waals surface area (Å²) < 4.78 is 16.1. The summed E-state index contributed by atoms with van der Waals surface area (Å²) in [6, 6.07) is 13.6. The molecule has 0 unspecified atom stereocenters. The minimum atomic E-state index is -0.164. The number of hydrogen-bond donors (Lipinski definition) is 1. The van der Waals surface area contributed by atoms with Gasteiger partial charge >= 0.3 is 0 Å². The van der Waals surface area contributed by atoms with Gasteiger partial charge in [0.1, 0.15) is 11.5 Å². The maximum absolute atomic E-state index is 12.3. The highest BCUT2D eigenvalue weighted by Gasteiger charge is 2.12. The zero-order valence-corrected chi connectivity index (χ0v) is 18.1. The first kappa shape index (κ1) is 21.7. The molecule has 0 fully saturated rings. The highest BCUT2D eigenvalue weighted by Crippen LogP contribution is 2.26. The Labute approximate surface area is 180 Å². The van der Waals surface area contributed by atoms with E-state index in [4.69, 9.17) is 13.9 Å². The van der Waals surface area contributed by atoms with Crippen LogP contribution in [0.4, 0.5) is 5.69 Å². The lowest BCUT2D eigenvalue weighted by molar-refractivity contribution is -0.113. The van der Waals surface area contributed by atoms with E-state index < -0.39 is 0 Å². The largest absolute Gasteiger partial charge is 0.497 e. The summed E-state index contributed by atoms with van der Waals surface area (Å²) in [5.41, 5.74) is 2.91. The summed E-state index contributed by atoms with van der Waals surface area (Å²) in [6.07, 6.45) is 2.49. The number of methoxy groups -OCH3 is 2. The van der Waals surface area contributed by atoms with Crippen molar-refractivity contribution in [3.63, 3.8) is 0 Å². The first-order chi connectivity index (χ1) is 14.6. The van der Waals surface area contributed by atoms with Gasteiger partial charge in [-0.3, -0.25) is 4.79 Å². The van der Waals surface area contributed by atoms with Crippen molar-refractivity contribution in [3.8, 4) is 11.5 Å². The minimum Gasteiger partial charge on any atom is -0.497 e. The molecule has 0 radical (unpaired) electrons. The van der Waals surface area contributed by atoms with Crippen molar-refractivity contribution in [2.24, 2.45) is 0 Å². The van der Waals surface area contributed by atoms with E-state index in [-0.39, 0.29) is 11.7 Å². The molecule has 0 aliphatic rings. The van der Waals surface area contributed by atoms with Crippen LogP contribution in [0.15, 0.2) is 52.1 Å². The summed E-state index contributed by atoms with van der Waals surface area (Å²) >= 11 is 1.21. The Morgan fingerprint density at radius 2 is 1.87 bits per heavy atom. The highest BCUT2D eigenvalue weighted by atomic mass is 32.2. The number of ether oxygens (including phenoxy) is 2. The number of carbonyl (C=O) groups excluding carboxylic acids is 1. The molecule has 8 heteroatoms. The molecule has 3 rings (SSSR count). The van der Waals surface area contributed by atoms with Crippen molar-refractivity contribution < 1.29 is 18.7 Å². The van der Waals surface area contributed by atoms with Crippen molar-refractivity contribution in [2.75, 3.05) is 25.3 Å². The predicted octanol–water partition coefficient (Wildman–Crippen LogP) is 4.30. The number of hydrogen-bond acceptors (Lipinski definition) is 7. The molecule has 158 valence electrons. The maximum atomic E-state index is 12.3. The smallest absolute Gasteiger partial charge is 0.277 e. The van der Waals surface area contributed by atoms with E-state index in [0.29, 0.717) is 29.0 Å². The van der Waals surface area contributed by atoms with Gasteiger partial charge in [-0.2, -0.15) is 0 Å². The summed E-state index contributed by atoms with van der Waals surface area (Å²) in [4.78, 5) is 12.3. The standard InChI is InChI=1S/C22H25N3O4S/c1-15-7-12-19(28-3)18(13-15)23-20(26)14-30-22-25-24-21(29-22)6-4-5-16-8-10-17(27-2)11-9-16/h7-13H,4-6,14H2,1-3H3,(H,23,26). The van der Waals surface area contributed by atoms with Crippen LogP contribution in [0.25, 0.3) is 0 Å². The normalized spacial score (nSPS) is 10.6. The first-order valence-corrected chi connectivity index (χ1v) is 10.6. The molecule has 2 aromatic carbocycles. The fourth-order valence-corrected chi connectivity index (χ4v) is 3.45. The van der Waals surface area contributed by atoms with Crippen LogP contribution in [-0.2, 0) is 17.6 Å². The molecule has 0 bridgehead atoms. The van der Waals surface area contributed by atoms with Gasteiger partial charge < -0.3 is 19.2 Å². The fourth-order valence-electron chi connectivity index (χ4n) is 2.87. The summed E-state index contributed by atoms with van der Waals surface area (Å²) in [7, 11) is 3.23. The number of anilines is 1. The topological polar surface area (TPSA) is 86.5 Å². The second-order valence-corrected chi connectivity index (χ2v) is 7.63. The summed E-state index contributed by atoms with van der Waals surface area (Å²) in [5.74, 6) is 2.05. The molecule has 1 heterocycles. The van der Waals surface area contributed by atoms with Gasteiger partial charge in [-0.1, -0.05) is 30.0 Å². The number of rotatable bonds is 10. The zero-order chi connectivity index (χ0) is 21.3. The third kappa shape index (κ3) is 6.25. The molecule has 1 N–H and O–H groups in total. The van der Waals surface area contributed by atoms with Crippen LogP contribution >= 0.6 is 11.8 Å². The van der Waals surface area contributed by atoms with Crippen molar-refractivity contribution in [2.45, 2.75) is 31.4 Å². The van der Waals surface area contributed by atoms with Gasteiger partial charge in [-0.05, 0) is 55.2 Å². The van der Waals surface area contributed by atoms with Crippen LogP contribution in [-0.4, -0.2) is 36.1 Å². The molecule has 0 saturated heterocycles. The van der Waals surface area contributed by atoms with E-state index in [0.717, 1.165) is 24.2 Å². The van der Waals surface area contributed by atoms with Gasteiger partial charge in [0.15, 0.2) is 0 Å². The first-order valence-electron chi connectivity index (χ1n) is 9.60. The number of nitrogens with one attached hydrogen (secondary N) is 1. The Kier molecular flexibility index (Phi) is 7.73. The van der Waals surface area contributed by atoms with E-state index in [1.807, 2.05) is 37.3 Å². The Morgan fingerprint density at radius 3 is 2.60 bits per heavy atom. The molecule has 0 aliphatic heterocycles. The number of nitrogens with zero attached hydrogens (tertiary/aromatic N) is 2. The average molecular weight is 428 g/mol. The number of thioether (sulfide) groups is 1. The monoisotopic (exact) mass is 427 g/mol. The van der Waals surface area contributed by atoms with Crippen molar-refractivity contribution >= 4 is 23.4 Å². The average Bonchev–Trinajstić information content (AvgIpc) is 3.21. The molecular weight excluding hydrogens is 402 g/mol. The molecule has 1 aromatic heterocycles.